The van der Waals surface area contributed by atoms with Gasteiger partial charge in [0.25, 0.3) is 0 Å². The maximum Gasteiger partial charge on any atom is 0.0118 e. The molecule has 1 atom stereocenters. The monoisotopic (exact) mass is 159 g/mol. The van der Waals surface area contributed by atoms with Gasteiger partial charge in [-0.3, -0.25) is 0 Å². The molecule has 0 saturated carbocycles. The van der Waals surface area contributed by atoms with Crippen molar-refractivity contribution >= 4 is 11.8 Å². The van der Waals surface area contributed by atoms with Crippen LogP contribution < -0.4 is 5.32 Å². The molecule has 0 radical (unpaired) electrons. The van der Waals surface area contributed by atoms with E-state index >= 15 is 0 Å². The van der Waals surface area contributed by atoms with E-state index in [2.05, 4.69) is 38.0 Å². The fourth-order valence-corrected chi connectivity index (χ4v) is 2.75. The summed E-state index contributed by atoms with van der Waals surface area (Å²) < 4.78 is 0.506. The fraction of sp³-hybridized carbons (Fsp3) is 1.00. The third-order valence-electron chi connectivity index (χ3n) is 2.11. The second-order valence-corrected chi connectivity index (χ2v) is 5.39. The van der Waals surface area contributed by atoms with Gasteiger partial charge in [-0.25, -0.2) is 0 Å². The van der Waals surface area contributed by atoms with Gasteiger partial charge >= 0.3 is 0 Å². The van der Waals surface area contributed by atoms with Gasteiger partial charge in [-0.2, -0.15) is 11.8 Å². The summed E-state index contributed by atoms with van der Waals surface area (Å²) in [5.74, 6) is 1.32. The standard InChI is InChI=1S/C8H17NS/c1-8(2)6-7(9-3)4-5-10-8/h7,9H,4-6H2,1-3H3. The molecule has 2 heteroatoms. The molecule has 10 heavy (non-hydrogen) atoms. The van der Waals surface area contributed by atoms with E-state index in [0.29, 0.717) is 4.75 Å². The first-order chi connectivity index (χ1) is 4.64. The Balaban J connectivity index is 2.40. The van der Waals surface area contributed by atoms with Crippen molar-refractivity contribution in [3.8, 4) is 0 Å². The van der Waals surface area contributed by atoms with Crippen molar-refractivity contribution in [2.45, 2.75) is 37.5 Å². The molecule has 60 valence electrons. The van der Waals surface area contributed by atoms with Crippen molar-refractivity contribution < 1.29 is 0 Å². The Morgan fingerprint density at radius 3 is 2.60 bits per heavy atom. The lowest BCUT2D eigenvalue weighted by Gasteiger charge is -2.34. The SMILES string of the molecule is CNC1CCSC(C)(C)C1. The Morgan fingerprint density at radius 1 is 1.50 bits per heavy atom. The molecule has 1 N–H and O–H groups in total. The Hall–Kier alpha value is 0.310. The van der Waals surface area contributed by atoms with E-state index in [4.69, 9.17) is 0 Å². The van der Waals surface area contributed by atoms with E-state index < -0.39 is 0 Å². The maximum atomic E-state index is 3.35. The number of rotatable bonds is 1. The molecule has 1 aliphatic heterocycles. The van der Waals surface area contributed by atoms with Crippen molar-refractivity contribution in [1.82, 2.24) is 5.32 Å². The summed E-state index contributed by atoms with van der Waals surface area (Å²) in [6.45, 7) is 4.67. The van der Waals surface area contributed by atoms with Crippen LogP contribution in [0.5, 0.6) is 0 Å². The topological polar surface area (TPSA) is 12.0 Å². The van der Waals surface area contributed by atoms with E-state index in [9.17, 15) is 0 Å². The molecule has 0 aromatic carbocycles. The predicted octanol–water partition coefficient (Wildman–Crippen LogP) is 1.88. The quantitative estimate of drug-likeness (QED) is 0.627. The molecule has 0 amide bonds. The number of nitrogens with one attached hydrogen (secondary N) is 1. The van der Waals surface area contributed by atoms with Crippen molar-refractivity contribution in [3.63, 3.8) is 0 Å². The van der Waals surface area contributed by atoms with Crippen molar-refractivity contribution in [3.05, 3.63) is 0 Å². The first-order valence-corrected chi connectivity index (χ1v) is 4.94. The third kappa shape index (κ3) is 2.17. The highest BCUT2D eigenvalue weighted by Crippen LogP contribution is 2.35. The minimum absolute atomic E-state index is 0.506. The average molecular weight is 159 g/mol. The smallest absolute Gasteiger partial charge is 0.0118 e. The Morgan fingerprint density at radius 2 is 2.20 bits per heavy atom. The summed E-state index contributed by atoms with van der Waals surface area (Å²) in [6.07, 6.45) is 2.65. The third-order valence-corrected chi connectivity index (χ3v) is 3.49. The number of hydrogen-bond donors (Lipinski definition) is 1. The number of thioether (sulfide) groups is 1. The molecule has 0 spiro atoms. The van der Waals surface area contributed by atoms with Gasteiger partial charge in [-0.15, -0.1) is 0 Å². The van der Waals surface area contributed by atoms with Crippen LogP contribution in [0.1, 0.15) is 26.7 Å². The highest BCUT2D eigenvalue weighted by atomic mass is 32.2. The second-order valence-electron chi connectivity index (χ2n) is 3.59. The summed E-state index contributed by atoms with van der Waals surface area (Å²) in [6, 6.07) is 0.760. The molecule has 1 aliphatic rings. The van der Waals surface area contributed by atoms with E-state index in [1.807, 2.05) is 0 Å². The summed E-state index contributed by atoms with van der Waals surface area (Å²) in [5, 5.41) is 3.35. The Labute approximate surface area is 68.0 Å². The highest BCUT2D eigenvalue weighted by Gasteiger charge is 2.27. The van der Waals surface area contributed by atoms with Gasteiger partial charge in [0.05, 0.1) is 0 Å². The predicted molar refractivity (Wildman–Crippen MR) is 48.6 cm³/mol. The van der Waals surface area contributed by atoms with Gasteiger partial charge < -0.3 is 5.32 Å². The van der Waals surface area contributed by atoms with E-state index in [0.717, 1.165) is 6.04 Å². The van der Waals surface area contributed by atoms with E-state index in [1.165, 1.54) is 18.6 Å². The second kappa shape index (κ2) is 3.14. The fourth-order valence-electron chi connectivity index (χ4n) is 1.48. The van der Waals surface area contributed by atoms with Crippen molar-refractivity contribution in [2.24, 2.45) is 0 Å². The molecular formula is C8H17NS. The molecule has 0 aliphatic carbocycles. The molecule has 1 nitrogen and oxygen atoms in total. The van der Waals surface area contributed by atoms with Crippen LogP contribution in [-0.4, -0.2) is 23.6 Å². The summed E-state index contributed by atoms with van der Waals surface area (Å²) in [7, 11) is 2.07. The first kappa shape index (κ1) is 8.41. The van der Waals surface area contributed by atoms with Crippen LogP contribution in [0.4, 0.5) is 0 Å². The molecule has 1 saturated heterocycles. The van der Waals surface area contributed by atoms with Crippen LogP contribution in [0.25, 0.3) is 0 Å². The zero-order chi connectivity index (χ0) is 7.61. The lowest BCUT2D eigenvalue weighted by molar-refractivity contribution is 0.444. The lowest BCUT2D eigenvalue weighted by Crippen LogP contribution is -2.37. The largest absolute Gasteiger partial charge is 0.317 e. The first-order valence-electron chi connectivity index (χ1n) is 3.95. The Kier molecular flexibility index (Phi) is 2.64. The van der Waals surface area contributed by atoms with Crippen molar-refractivity contribution in [2.75, 3.05) is 12.8 Å². The van der Waals surface area contributed by atoms with Gasteiger partial charge in [0.1, 0.15) is 0 Å². The van der Waals surface area contributed by atoms with Gasteiger partial charge in [0.2, 0.25) is 0 Å². The molecule has 1 heterocycles. The summed E-state index contributed by atoms with van der Waals surface area (Å²) in [4.78, 5) is 0. The van der Waals surface area contributed by atoms with Gasteiger partial charge in [-0.1, -0.05) is 13.8 Å². The zero-order valence-electron chi connectivity index (χ0n) is 7.11. The average Bonchev–Trinajstić information content (AvgIpc) is 1.86. The molecule has 1 unspecified atom stereocenters. The summed E-state index contributed by atoms with van der Waals surface area (Å²) >= 11 is 2.10. The molecular weight excluding hydrogens is 142 g/mol. The van der Waals surface area contributed by atoms with Gasteiger partial charge in [0, 0.05) is 10.8 Å². The normalized spacial score (nSPS) is 32.1. The molecule has 1 rings (SSSR count). The van der Waals surface area contributed by atoms with Gasteiger partial charge in [0.15, 0.2) is 0 Å². The minimum atomic E-state index is 0.506. The van der Waals surface area contributed by atoms with Gasteiger partial charge in [-0.05, 0) is 25.6 Å². The van der Waals surface area contributed by atoms with Crippen LogP contribution >= 0.6 is 11.8 Å². The van der Waals surface area contributed by atoms with Crippen LogP contribution in [0, 0.1) is 0 Å². The molecule has 0 aromatic rings. The summed E-state index contributed by atoms with van der Waals surface area (Å²) in [5.41, 5.74) is 0. The zero-order valence-corrected chi connectivity index (χ0v) is 7.92. The Bertz CT molecular complexity index is 112. The number of hydrogen-bond acceptors (Lipinski definition) is 2. The maximum absolute atomic E-state index is 3.35. The minimum Gasteiger partial charge on any atom is -0.317 e. The van der Waals surface area contributed by atoms with E-state index in [1.54, 1.807) is 0 Å². The van der Waals surface area contributed by atoms with Crippen LogP contribution in [0.3, 0.4) is 0 Å². The highest BCUT2D eigenvalue weighted by molar-refractivity contribution is 8.00. The lowest BCUT2D eigenvalue weighted by atomic mass is 10.0. The molecule has 0 aromatic heterocycles. The molecule has 1 fully saturated rings. The van der Waals surface area contributed by atoms with Crippen LogP contribution in [-0.2, 0) is 0 Å². The van der Waals surface area contributed by atoms with Crippen LogP contribution in [0.15, 0.2) is 0 Å². The van der Waals surface area contributed by atoms with Crippen molar-refractivity contribution in [1.29, 1.82) is 0 Å². The van der Waals surface area contributed by atoms with Crippen LogP contribution in [0.2, 0.25) is 0 Å². The molecule has 0 bridgehead atoms. The van der Waals surface area contributed by atoms with E-state index in [-0.39, 0.29) is 0 Å².